The van der Waals surface area contributed by atoms with Crippen molar-refractivity contribution in [2.45, 2.75) is 99.9 Å². The van der Waals surface area contributed by atoms with Gasteiger partial charge in [-0.2, -0.15) is 13.5 Å². The average molecular weight is 627 g/mol. The third-order valence-electron chi connectivity index (χ3n) is 7.69. The third-order valence-corrected chi connectivity index (χ3v) is 15.3. The Morgan fingerprint density at radius 1 is 1.17 bits per heavy atom. The van der Waals surface area contributed by atoms with Crippen molar-refractivity contribution in [1.82, 2.24) is 19.7 Å². The average Bonchev–Trinajstić information content (AvgIpc) is 3.43. The summed E-state index contributed by atoms with van der Waals surface area (Å²) in [6.07, 6.45) is -0.254. The van der Waals surface area contributed by atoms with Crippen LogP contribution in [0.3, 0.4) is 0 Å². The van der Waals surface area contributed by atoms with E-state index in [1.807, 2.05) is 13.0 Å². The summed E-state index contributed by atoms with van der Waals surface area (Å²) in [6, 6.07) is 4.95. The molecule has 1 fully saturated rings. The highest BCUT2D eigenvalue weighted by molar-refractivity contribution is 7.99. The molecular formula is C26H39FN6O5S2Si. The lowest BCUT2D eigenvalue weighted by molar-refractivity contribution is -0.0400. The first-order chi connectivity index (χ1) is 19.1. The van der Waals surface area contributed by atoms with Gasteiger partial charge < -0.3 is 14.9 Å². The monoisotopic (exact) mass is 626 g/mol. The molecule has 2 aromatic heterocycles. The Bertz CT molecular complexity index is 1480. The van der Waals surface area contributed by atoms with Crippen molar-refractivity contribution in [3.8, 4) is 0 Å². The van der Waals surface area contributed by atoms with E-state index >= 15 is 0 Å². The number of hydrogen-bond donors (Lipinski definition) is 2. The molecule has 0 saturated carbocycles. The first-order valence-corrected chi connectivity index (χ1v) is 18.0. The summed E-state index contributed by atoms with van der Waals surface area (Å²) in [4.78, 5) is 8.92. The van der Waals surface area contributed by atoms with E-state index in [4.69, 9.17) is 29.3 Å². The maximum atomic E-state index is 14.8. The van der Waals surface area contributed by atoms with Gasteiger partial charge in [0.2, 0.25) is 8.32 Å². The summed E-state index contributed by atoms with van der Waals surface area (Å²) in [5.41, 5.74) is 8.30. The van der Waals surface area contributed by atoms with Gasteiger partial charge >= 0.3 is 10.3 Å². The fourth-order valence-corrected chi connectivity index (χ4v) is 12.8. The Kier molecular flexibility index (Phi) is 9.48. The van der Waals surface area contributed by atoms with Crippen LogP contribution in [0.2, 0.25) is 16.6 Å². The van der Waals surface area contributed by atoms with E-state index in [2.05, 4.69) is 51.5 Å². The van der Waals surface area contributed by atoms with E-state index in [0.29, 0.717) is 27.4 Å². The van der Waals surface area contributed by atoms with Crippen molar-refractivity contribution in [3.05, 3.63) is 35.9 Å². The molecule has 3 atom stereocenters. The third kappa shape index (κ3) is 6.60. The Labute approximate surface area is 245 Å². The van der Waals surface area contributed by atoms with Crippen LogP contribution in [-0.4, -0.2) is 55.3 Å². The molecule has 11 nitrogen and oxygen atoms in total. The first kappa shape index (κ1) is 31.8. The predicted octanol–water partition coefficient (Wildman–Crippen LogP) is 5.08. The number of anilines is 1. The minimum Gasteiger partial charge on any atom is -0.410 e. The van der Waals surface area contributed by atoms with Crippen LogP contribution in [0.4, 0.5) is 10.2 Å². The quantitative estimate of drug-likeness (QED) is 0.275. The number of fused-ring (bicyclic) bond motifs is 1. The molecule has 0 radical (unpaired) electrons. The summed E-state index contributed by atoms with van der Waals surface area (Å²) < 4.78 is 58.1. The standard InChI is InChI=1S/C26H39FN6O5S2Si/c1-14(2)41(15(3)4,16(5)6)38-19-11-22(37-20(19)12-36-40(29,34)35)33-25-23(24(28)30-13-31-25)26(32-33)39-21-9-8-17(7)10-18(21)27/h8-10,13-16,19-20,22H,11-12H2,1-7H3,(H2,28,30,31)(H2,29,34,35)/t19-,20+,22+/m0/s1. The van der Waals surface area contributed by atoms with Crippen LogP contribution in [0.1, 0.15) is 59.8 Å². The molecule has 0 aliphatic carbocycles. The van der Waals surface area contributed by atoms with Gasteiger partial charge in [-0.05, 0) is 41.2 Å². The van der Waals surface area contributed by atoms with Gasteiger partial charge in [0.15, 0.2) is 11.9 Å². The molecule has 0 bridgehead atoms. The van der Waals surface area contributed by atoms with Crippen LogP contribution >= 0.6 is 11.8 Å². The molecular weight excluding hydrogens is 588 g/mol. The second-order valence-corrected chi connectivity index (χ2v) is 19.0. The molecule has 1 aliphatic heterocycles. The summed E-state index contributed by atoms with van der Waals surface area (Å²) in [6.45, 7) is 14.5. The molecule has 4 N–H and O–H groups in total. The van der Waals surface area contributed by atoms with Gasteiger partial charge in [-0.25, -0.2) is 24.2 Å². The molecule has 226 valence electrons. The van der Waals surface area contributed by atoms with Crippen molar-refractivity contribution in [2.24, 2.45) is 5.14 Å². The highest BCUT2D eigenvalue weighted by atomic mass is 32.2. The van der Waals surface area contributed by atoms with Gasteiger partial charge in [0.05, 0.1) is 18.1 Å². The zero-order valence-electron chi connectivity index (χ0n) is 24.4. The summed E-state index contributed by atoms with van der Waals surface area (Å²) in [7, 11) is -6.61. The van der Waals surface area contributed by atoms with E-state index in [-0.39, 0.29) is 34.9 Å². The summed E-state index contributed by atoms with van der Waals surface area (Å²) in [5, 5.41) is 10.8. The molecule has 0 unspecified atom stereocenters. The van der Waals surface area contributed by atoms with Crippen molar-refractivity contribution >= 4 is 47.2 Å². The molecule has 15 heteroatoms. The first-order valence-electron chi connectivity index (χ1n) is 13.6. The zero-order chi connectivity index (χ0) is 30.3. The van der Waals surface area contributed by atoms with Gasteiger partial charge in [-0.1, -0.05) is 59.4 Å². The van der Waals surface area contributed by atoms with Gasteiger partial charge in [0.1, 0.15) is 29.1 Å². The van der Waals surface area contributed by atoms with Gasteiger partial charge in [-0.3, -0.25) is 4.18 Å². The second-order valence-electron chi connectivity index (χ2n) is 11.4. The Hall–Kier alpha value is -2.14. The minimum absolute atomic E-state index is 0.196. The molecule has 3 aromatic rings. The number of benzene rings is 1. The fourth-order valence-electron chi connectivity index (χ4n) is 5.98. The molecule has 1 aromatic carbocycles. The Morgan fingerprint density at radius 3 is 2.41 bits per heavy atom. The lowest BCUT2D eigenvalue weighted by Gasteiger charge is -2.44. The van der Waals surface area contributed by atoms with E-state index in [1.54, 1.807) is 10.7 Å². The normalized spacial score (nSPS) is 20.2. The van der Waals surface area contributed by atoms with E-state index in [0.717, 1.165) is 17.3 Å². The fraction of sp³-hybridized carbons (Fsp3) is 0.577. The highest BCUT2D eigenvalue weighted by Crippen LogP contribution is 2.46. The maximum absolute atomic E-state index is 14.8. The van der Waals surface area contributed by atoms with Crippen LogP contribution in [0.5, 0.6) is 0 Å². The van der Waals surface area contributed by atoms with Crippen molar-refractivity contribution in [3.63, 3.8) is 0 Å². The molecule has 1 aliphatic rings. The predicted molar refractivity (Wildman–Crippen MR) is 159 cm³/mol. The van der Waals surface area contributed by atoms with Crippen LogP contribution < -0.4 is 10.9 Å². The smallest absolute Gasteiger partial charge is 0.333 e. The van der Waals surface area contributed by atoms with Crippen LogP contribution in [0.25, 0.3) is 11.0 Å². The lowest BCUT2D eigenvalue weighted by Crippen LogP contribution is -2.52. The van der Waals surface area contributed by atoms with Gasteiger partial charge in [0, 0.05) is 11.3 Å². The number of hydrogen-bond acceptors (Lipinski definition) is 10. The van der Waals surface area contributed by atoms with Gasteiger partial charge in [0.25, 0.3) is 0 Å². The molecule has 4 rings (SSSR count). The van der Waals surface area contributed by atoms with Crippen LogP contribution in [-0.2, 0) is 23.7 Å². The number of aromatic nitrogens is 4. The zero-order valence-corrected chi connectivity index (χ0v) is 27.0. The maximum Gasteiger partial charge on any atom is 0.333 e. The van der Waals surface area contributed by atoms with Crippen molar-refractivity contribution in [2.75, 3.05) is 12.3 Å². The van der Waals surface area contributed by atoms with E-state index < -0.39 is 37.1 Å². The molecule has 1 saturated heterocycles. The lowest BCUT2D eigenvalue weighted by atomic mass is 10.2. The van der Waals surface area contributed by atoms with Crippen molar-refractivity contribution in [1.29, 1.82) is 0 Å². The molecule has 0 amide bonds. The van der Waals surface area contributed by atoms with Crippen molar-refractivity contribution < 1.29 is 26.2 Å². The SMILES string of the molecule is Cc1ccc(Sc2nn([C@H]3C[C@H](O[Si](C(C)C)(C(C)C)C(C)C)[C@@H](COS(N)(=O)=O)O3)c3ncnc(N)c23)c(F)c1. The molecule has 3 heterocycles. The number of nitrogens with zero attached hydrogens (tertiary/aromatic N) is 4. The number of halogens is 1. The number of ether oxygens (including phenoxy) is 1. The second kappa shape index (κ2) is 12.2. The Morgan fingerprint density at radius 2 is 1.83 bits per heavy atom. The summed E-state index contributed by atoms with van der Waals surface area (Å²) in [5.74, 6) is -0.182. The minimum atomic E-state index is -4.21. The topological polar surface area (TPSA) is 157 Å². The number of rotatable bonds is 11. The number of nitrogen functional groups attached to an aromatic ring is 1. The van der Waals surface area contributed by atoms with E-state index in [9.17, 15) is 12.8 Å². The van der Waals surface area contributed by atoms with Crippen LogP contribution in [0, 0.1) is 12.7 Å². The Balaban J connectivity index is 1.74. The highest BCUT2D eigenvalue weighted by Gasteiger charge is 2.50. The molecule has 0 spiro atoms. The van der Waals surface area contributed by atoms with E-state index in [1.165, 1.54) is 12.4 Å². The largest absolute Gasteiger partial charge is 0.410 e. The van der Waals surface area contributed by atoms with Crippen LogP contribution in [0.15, 0.2) is 34.4 Å². The van der Waals surface area contributed by atoms with Gasteiger partial charge in [-0.15, -0.1) is 0 Å². The molecule has 41 heavy (non-hydrogen) atoms. The summed E-state index contributed by atoms with van der Waals surface area (Å²) >= 11 is 1.12. The number of aryl methyl sites for hydroxylation is 1. The number of nitrogens with two attached hydrogens (primary N) is 2.